The Bertz CT molecular complexity index is 551. The van der Waals surface area contributed by atoms with Crippen molar-refractivity contribution in [2.45, 2.75) is 6.42 Å². The van der Waals surface area contributed by atoms with Crippen LogP contribution in [0.4, 0.5) is 4.39 Å². The number of carbonyl (C=O) groups is 2. The number of benzene rings is 1. The Morgan fingerprint density at radius 1 is 1.12 bits per heavy atom. The topological polar surface area (TPSA) is 61.9 Å². The molecule has 1 saturated heterocycles. The molecule has 7 heteroatoms. The van der Waals surface area contributed by atoms with E-state index in [1.807, 2.05) is 0 Å². The molecule has 1 heterocycles. The van der Waals surface area contributed by atoms with Gasteiger partial charge in [0.2, 0.25) is 5.91 Å². The number of carbonyl (C=O) groups excluding carboxylic acids is 2. The van der Waals surface area contributed by atoms with Crippen molar-refractivity contribution in [3.8, 4) is 0 Å². The number of nitrogens with zero attached hydrogens (tertiary/aromatic N) is 2. The van der Waals surface area contributed by atoms with Crippen LogP contribution in [0.3, 0.4) is 0 Å². The maximum atomic E-state index is 13.0. The predicted molar refractivity (Wildman–Crippen MR) is 88.2 cm³/mol. The van der Waals surface area contributed by atoms with Crippen molar-refractivity contribution in [1.29, 1.82) is 0 Å². The zero-order valence-corrected chi connectivity index (χ0v) is 14.0. The van der Waals surface area contributed by atoms with E-state index in [0.29, 0.717) is 44.9 Å². The Morgan fingerprint density at radius 2 is 1.79 bits per heavy atom. The summed E-state index contributed by atoms with van der Waals surface area (Å²) in [6.07, 6.45) is 0.733. The van der Waals surface area contributed by atoms with E-state index in [2.05, 4.69) is 5.32 Å². The Labute approximate surface area is 141 Å². The summed E-state index contributed by atoms with van der Waals surface area (Å²) in [7, 11) is 1.62. The van der Waals surface area contributed by atoms with Gasteiger partial charge in [-0.1, -0.05) is 0 Å². The summed E-state index contributed by atoms with van der Waals surface area (Å²) in [4.78, 5) is 28.1. The summed E-state index contributed by atoms with van der Waals surface area (Å²) in [5.41, 5.74) is 0.470. The van der Waals surface area contributed by atoms with E-state index in [1.165, 1.54) is 24.3 Å². The molecule has 0 aromatic heterocycles. The molecular formula is C17H24FN3O3. The summed E-state index contributed by atoms with van der Waals surface area (Å²) < 4.78 is 17.9. The van der Waals surface area contributed by atoms with Gasteiger partial charge in [0.1, 0.15) is 5.82 Å². The molecule has 0 radical (unpaired) electrons. The normalized spacial score (nSPS) is 15.2. The molecule has 0 spiro atoms. The van der Waals surface area contributed by atoms with Gasteiger partial charge < -0.3 is 19.9 Å². The largest absolute Gasteiger partial charge is 0.383 e. The highest BCUT2D eigenvalue weighted by Gasteiger charge is 2.22. The van der Waals surface area contributed by atoms with Gasteiger partial charge in [0.15, 0.2) is 0 Å². The molecule has 132 valence electrons. The number of amides is 2. The summed E-state index contributed by atoms with van der Waals surface area (Å²) in [6.45, 7) is 3.70. The molecule has 2 amide bonds. The van der Waals surface area contributed by atoms with Crippen LogP contribution < -0.4 is 5.32 Å². The zero-order valence-electron chi connectivity index (χ0n) is 14.0. The quantitative estimate of drug-likeness (QED) is 0.778. The minimum Gasteiger partial charge on any atom is -0.383 e. The predicted octanol–water partition coefficient (Wildman–Crippen LogP) is 0.736. The van der Waals surface area contributed by atoms with E-state index in [0.717, 1.165) is 6.42 Å². The fourth-order valence-corrected chi connectivity index (χ4v) is 2.63. The molecule has 1 aromatic rings. The lowest BCUT2D eigenvalue weighted by Crippen LogP contribution is -2.41. The third-order valence-corrected chi connectivity index (χ3v) is 3.99. The van der Waals surface area contributed by atoms with Gasteiger partial charge in [-0.15, -0.1) is 0 Å². The van der Waals surface area contributed by atoms with E-state index >= 15 is 0 Å². The van der Waals surface area contributed by atoms with Crippen LogP contribution in [0.25, 0.3) is 0 Å². The Kier molecular flexibility index (Phi) is 7.14. The summed E-state index contributed by atoms with van der Waals surface area (Å²) >= 11 is 0. The summed E-state index contributed by atoms with van der Waals surface area (Å²) in [5.74, 6) is -0.454. The number of halogens is 1. The SMILES string of the molecule is COCCNCC(=O)N1CCCN(C(=O)c2ccc(F)cc2)CC1. The molecule has 1 N–H and O–H groups in total. The van der Waals surface area contributed by atoms with Crippen LogP contribution in [0.5, 0.6) is 0 Å². The molecule has 6 nitrogen and oxygen atoms in total. The highest BCUT2D eigenvalue weighted by Crippen LogP contribution is 2.10. The minimum absolute atomic E-state index is 0.0298. The highest BCUT2D eigenvalue weighted by molar-refractivity contribution is 5.94. The molecule has 1 aromatic carbocycles. The van der Waals surface area contributed by atoms with E-state index in [1.54, 1.807) is 16.9 Å². The van der Waals surface area contributed by atoms with Crippen LogP contribution in [0, 0.1) is 5.82 Å². The van der Waals surface area contributed by atoms with Gasteiger partial charge in [-0.05, 0) is 30.7 Å². The molecule has 1 fully saturated rings. The number of methoxy groups -OCH3 is 1. The van der Waals surface area contributed by atoms with Gasteiger partial charge in [0, 0.05) is 45.4 Å². The van der Waals surface area contributed by atoms with Crippen molar-refractivity contribution >= 4 is 11.8 Å². The van der Waals surface area contributed by atoms with Crippen LogP contribution in [-0.2, 0) is 9.53 Å². The first-order valence-electron chi connectivity index (χ1n) is 8.14. The Morgan fingerprint density at radius 3 is 2.50 bits per heavy atom. The third-order valence-electron chi connectivity index (χ3n) is 3.99. The lowest BCUT2D eigenvalue weighted by atomic mass is 10.2. The van der Waals surface area contributed by atoms with E-state index in [9.17, 15) is 14.0 Å². The van der Waals surface area contributed by atoms with E-state index in [4.69, 9.17) is 4.74 Å². The highest BCUT2D eigenvalue weighted by atomic mass is 19.1. The molecule has 2 rings (SSSR count). The van der Waals surface area contributed by atoms with E-state index in [-0.39, 0.29) is 24.2 Å². The number of nitrogens with one attached hydrogen (secondary N) is 1. The molecule has 1 aliphatic heterocycles. The van der Waals surface area contributed by atoms with Crippen LogP contribution >= 0.6 is 0 Å². The van der Waals surface area contributed by atoms with Gasteiger partial charge in [0.05, 0.1) is 13.2 Å². The molecular weight excluding hydrogens is 313 g/mol. The Hall–Kier alpha value is -1.99. The van der Waals surface area contributed by atoms with Gasteiger partial charge in [-0.25, -0.2) is 4.39 Å². The van der Waals surface area contributed by atoms with Crippen LogP contribution in [0.2, 0.25) is 0 Å². The standard InChI is InChI=1S/C17H24FN3O3/c1-24-12-7-19-13-16(22)20-8-2-9-21(11-10-20)17(23)14-3-5-15(18)6-4-14/h3-6,19H,2,7-13H2,1H3. The molecule has 0 atom stereocenters. The summed E-state index contributed by atoms with van der Waals surface area (Å²) in [6, 6.07) is 5.55. The average Bonchev–Trinajstić information content (AvgIpc) is 2.85. The van der Waals surface area contributed by atoms with Crippen LogP contribution in [0.1, 0.15) is 16.8 Å². The molecule has 24 heavy (non-hydrogen) atoms. The first-order chi connectivity index (χ1) is 11.6. The first kappa shape index (κ1) is 18.4. The van der Waals surface area contributed by atoms with Crippen LogP contribution in [0.15, 0.2) is 24.3 Å². The second kappa shape index (κ2) is 9.34. The Balaban J connectivity index is 1.84. The van der Waals surface area contributed by atoms with Crippen molar-refractivity contribution in [3.63, 3.8) is 0 Å². The van der Waals surface area contributed by atoms with Gasteiger partial charge >= 0.3 is 0 Å². The molecule has 0 aliphatic carbocycles. The molecule has 0 bridgehead atoms. The zero-order chi connectivity index (χ0) is 17.4. The summed E-state index contributed by atoms with van der Waals surface area (Å²) in [5, 5.41) is 3.04. The van der Waals surface area contributed by atoms with E-state index < -0.39 is 0 Å². The monoisotopic (exact) mass is 337 g/mol. The second-order valence-corrected chi connectivity index (χ2v) is 5.70. The molecule has 0 saturated carbocycles. The smallest absolute Gasteiger partial charge is 0.253 e. The van der Waals surface area contributed by atoms with Crippen molar-refractivity contribution in [1.82, 2.24) is 15.1 Å². The van der Waals surface area contributed by atoms with Crippen molar-refractivity contribution in [3.05, 3.63) is 35.6 Å². The number of hydrogen-bond acceptors (Lipinski definition) is 4. The maximum Gasteiger partial charge on any atom is 0.253 e. The van der Waals surface area contributed by atoms with Crippen molar-refractivity contribution in [2.24, 2.45) is 0 Å². The number of hydrogen-bond donors (Lipinski definition) is 1. The average molecular weight is 337 g/mol. The molecule has 1 aliphatic rings. The van der Waals surface area contributed by atoms with Crippen molar-refractivity contribution < 1.29 is 18.7 Å². The number of ether oxygens (including phenoxy) is 1. The van der Waals surface area contributed by atoms with Gasteiger partial charge in [-0.3, -0.25) is 9.59 Å². The third kappa shape index (κ3) is 5.28. The molecule has 0 unspecified atom stereocenters. The lowest BCUT2D eigenvalue weighted by molar-refractivity contribution is -0.130. The van der Waals surface area contributed by atoms with Crippen molar-refractivity contribution in [2.75, 3.05) is 53.0 Å². The lowest BCUT2D eigenvalue weighted by Gasteiger charge is -2.22. The first-order valence-corrected chi connectivity index (χ1v) is 8.14. The minimum atomic E-state index is -0.361. The second-order valence-electron chi connectivity index (χ2n) is 5.70. The number of rotatable bonds is 6. The van der Waals surface area contributed by atoms with Gasteiger partial charge in [0.25, 0.3) is 5.91 Å². The van der Waals surface area contributed by atoms with Crippen LogP contribution in [-0.4, -0.2) is 74.6 Å². The fraction of sp³-hybridized carbons (Fsp3) is 0.529. The maximum absolute atomic E-state index is 13.0. The van der Waals surface area contributed by atoms with Gasteiger partial charge in [-0.2, -0.15) is 0 Å². The fourth-order valence-electron chi connectivity index (χ4n) is 2.63.